The van der Waals surface area contributed by atoms with Crippen LogP contribution in [0.1, 0.15) is 45.6 Å². The summed E-state index contributed by atoms with van der Waals surface area (Å²) in [4.78, 5) is 0.984. The van der Waals surface area contributed by atoms with Crippen LogP contribution in [0.3, 0.4) is 0 Å². The highest BCUT2D eigenvalue weighted by Crippen LogP contribution is 2.34. The van der Waals surface area contributed by atoms with Gasteiger partial charge in [-0.25, -0.2) is 0 Å². The lowest BCUT2D eigenvalue weighted by molar-refractivity contribution is 0.245. The van der Waals surface area contributed by atoms with Gasteiger partial charge in [0.1, 0.15) is 0 Å². The first-order chi connectivity index (χ1) is 10.0. The zero-order valence-electron chi connectivity index (χ0n) is 13.8. The van der Waals surface area contributed by atoms with Gasteiger partial charge in [0.05, 0.1) is 16.0 Å². The van der Waals surface area contributed by atoms with Crippen LogP contribution < -0.4 is 5.32 Å². The van der Waals surface area contributed by atoms with E-state index in [1.807, 2.05) is 12.1 Å². The van der Waals surface area contributed by atoms with E-state index in [2.05, 4.69) is 45.1 Å². The minimum absolute atomic E-state index is 0.244. The van der Waals surface area contributed by atoms with E-state index in [9.17, 15) is 4.21 Å². The average molecular weight is 308 g/mol. The lowest BCUT2D eigenvalue weighted by Gasteiger charge is -2.37. The maximum Gasteiger partial charge on any atom is 0.0576 e. The second kappa shape index (κ2) is 7.55. The van der Waals surface area contributed by atoms with Crippen LogP contribution in [0.4, 0.5) is 0 Å². The van der Waals surface area contributed by atoms with Gasteiger partial charge in [0.15, 0.2) is 0 Å². The first kappa shape index (κ1) is 16.7. The van der Waals surface area contributed by atoms with Crippen LogP contribution in [0.2, 0.25) is 0 Å². The molecule has 1 saturated carbocycles. The van der Waals surface area contributed by atoms with Crippen molar-refractivity contribution in [3.8, 4) is 0 Å². The number of rotatable bonds is 5. The summed E-state index contributed by atoms with van der Waals surface area (Å²) in [7, 11) is -0.909. The minimum atomic E-state index is -0.909. The van der Waals surface area contributed by atoms with Crippen molar-refractivity contribution in [3.05, 3.63) is 29.8 Å². The smallest absolute Gasteiger partial charge is 0.0576 e. The molecule has 1 aromatic rings. The molecule has 0 spiro atoms. The van der Waals surface area contributed by atoms with Gasteiger partial charge in [-0.15, -0.1) is 0 Å². The van der Waals surface area contributed by atoms with Crippen LogP contribution in [0, 0.1) is 18.8 Å². The van der Waals surface area contributed by atoms with E-state index >= 15 is 0 Å². The molecular weight excluding hydrogens is 278 g/mol. The third kappa shape index (κ3) is 4.17. The fourth-order valence-electron chi connectivity index (χ4n) is 3.35. The van der Waals surface area contributed by atoms with Crippen LogP contribution in [0.25, 0.3) is 0 Å². The SMILES string of the molecule is CCNC1CCC(C(C)C)CC1S(=O)c1ccc(C)cc1. The first-order valence-corrected chi connectivity index (χ1v) is 9.44. The Kier molecular flexibility index (Phi) is 6.00. The Balaban J connectivity index is 2.18. The number of hydrogen-bond donors (Lipinski definition) is 1. The highest BCUT2D eigenvalue weighted by molar-refractivity contribution is 7.85. The monoisotopic (exact) mass is 307 g/mol. The Morgan fingerprint density at radius 1 is 1.24 bits per heavy atom. The van der Waals surface area contributed by atoms with E-state index in [0.717, 1.165) is 24.3 Å². The summed E-state index contributed by atoms with van der Waals surface area (Å²) in [6.45, 7) is 9.76. The van der Waals surface area contributed by atoms with E-state index in [4.69, 9.17) is 0 Å². The zero-order chi connectivity index (χ0) is 15.4. The largest absolute Gasteiger partial charge is 0.313 e. The lowest BCUT2D eigenvalue weighted by Crippen LogP contribution is -2.47. The molecule has 118 valence electrons. The minimum Gasteiger partial charge on any atom is -0.313 e. The van der Waals surface area contributed by atoms with Crippen LogP contribution >= 0.6 is 0 Å². The van der Waals surface area contributed by atoms with E-state index in [1.54, 1.807) is 0 Å². The van der Waals surface area contributed by atoms with Crippen molar-refractivity contribution in [2.45, 2.75) is 63.1 Å². The molecule has 3 heteroatoms. The molecule has 4 atom stereocenters. The molecule has 2 rings (SSSR count). The molecule has 2 nitrogen and oxygen atoms in total. The number of benzene rings is 1. The van der Waals surface area contributed by atoms with Gasteiger partial charge >= 0.3 is 0 Å². The van der Waals surface area contributed by atoms with Crippen molar-refractivity contribution in [3.63, 3.8) is 0 Å². The molecule has 0 bridgehead atoms. The predicted octanol–water partition coefficient (Wildman–Crippen LogP) is 3.91. The van der Waals surface area contributed by atoms with Crippen LogP contribution in [-0.4, -0.2) is 22.0 Å². The van der Waals surface area contributed by atoms with E-state index in [0.29, 0.717) is 17.9 Å². The predicted molar refractivity (Wildman–Crippen MR) is 91.0 cm³/mol. The molecule has 4 unspecified atom stereocenters. The van der Waals surface area contributed by atoms with Crippen molar-refractivity contribution < 1.29 is 4.21 Å². The molecule has 1 fully saturated rings. The topological polar surface area (TPSA) is 29.1 Å². The molecule has 0 aliphatic heterocycles. The summed E-state index contributed by atoms with van der Waals surface area (Å²) >= 11 is 0. The summed E-state index contributed by atoms with van der Waals surface area (Å²) in [5.41, 5.74) is 1.22. The van der Waals surface area contributed by atoms with E-state index < -0.39 is 10.8 Å². The number of hydrogen-bond acceptors (Lipinski definition) is 2. The number of aryl methyl sites for hydroxylation is 1. The number of nitrogens with one attached hydrogen (secondary N) is 1. The van der Waals surface area contributed by atoms with Crippen molar-refractivity contribution in [2.24, 2.45) is 11.8 Å². The summed E-state index contributed by atoms with van der Waals surface area (Å²) < 4.78 is 13.0. The third-order valence-corrected chi connectivity index (χ3v) is 6.58. The lowest BCUT2D eigenvalue weighted by atomic mass is 9.79. The molecule has 1 aromatic carbocycles. The van der Waals surface area contributed by atoms with Crippen LogP contribution in [0.5, 0.6) is 0 Å². The molecule has 0 heterocycles. The van der Waals surface area contributed by atoms with Gasteiger partial charge in [-0.3, -0.25) is 4.21 Å². The molecule has 21 heavy (non-hydrogen) atoms. The van der Waals surface area contributed by atoms with Crippen molar-refractivity contribution in [1.29, 1.82) is 0 Å². The molecule has 0 radical (unpaired) electrons. The van der Waals surface area contributed by atoms with Gasteiger partial charge in [0.25, 0.3) is 0 Å². The van der Waals surface area contributed by atoms with Gasteiger partial charge in [0.2, 0.25) is 0 Å². The highest BCUT2D eigenvalue weighted by Gasteiger charge is 2.35. The molecule has 0 saturated heterocycles. The van der Waals surface area contributed by atoms with Crippen molar-refractivity contribution in [1.82, 2.24) is 5.32 Å². The molecular formula is C18H29NOS. The summed E-state index contributed by atoms with van der Waals surface area (Å²) in [6, 6.07) is 8.60. The maximum absolute atomic E-state index is 13.0. The van der Waals surface area contributed by atoms with Crippen LogP contribution in [0.15, 0.2) is 29.2 Å². The molecule has 1 aliphatic carbocycles. The highest BCUT2D eigenvalue weighted by atomic mass is 32.2. The van der Waals surface area contributed by atoms with E-state index in [-0.39, 0.29) is 5.25 Å². The fourth-order valence-corrected chi connectivity index (χ4v) is 5.05. The van der Waals surface area contributed by atoms with E-state index in [1.165, 1.54) is 12.0 Å². The van der Waals surface area contributed by atoms with Gasteiger partial charge < -0.3 is 5.32 Å². The Hall–Kier alpha value is -0.670. The zero-order valence-corrected chi connectivity index (χ0v) is 14.6. The third-order valence-electron chi connectivity index (χ3n) is 4.77. The van der Waals surface area contributed by atoms with Crippen molar-refractivity contribution >= 4 is 10.8 Å². The Labute approximate surface area is 132 Å². The fraction of sp³-hybridized carbons (Fsp3) is 0.667. The summed E-state index contributed by atoms with van der Waals surface area (Å²) in [6.07, 6.45) is 3.49. The van der Waals surface area contributed by atoms with Gasteiger partial charge in [-0.2, -0.15) is 0 Å². The normalized spacial score (nSPS) is 27.8. The Morgan fingerprint density at radius 2 is 1.90 bits per heavy atom. The average Bonchev–Trinajstić information content (AvgIpc) is 2.48. The second-order valence-corrected chi connectivity index (χ2v) is 8.30. The molecule has 1 N–H and O–H groups in total. The maximum atomic E-state index is 13.0. The Morgan fingerprint density at radius 3 is 2.48 bits per heavy atom. The molecule has 0 aromatic heterocycles. The van der Waals surface area contributed by atoms with Gasteiger partial charge in [-0.05, 0) is 56.7 Å². The quantitative estimate of drug-likeness (QED) is 0.893. The standard InChI is InChI=1S/C18H29NOS/c1-5-19-17-11-8-15(13(2)3)12-18(17)21(20)16-9-6-14(4)7-10-16/h6-7,9-10,13,15,17-19H,5,8,11-12H2,1-4H3. The van der Waals surface area contributed by atoms with Crippen LogP contribution in [-0.2, 0) is 10.8 Å². The summed E-state index contributed by atoms with van der Waals surface area (Å²) in [5, 5.41) is 3.81. The van der Waals surface area contributed by atoms with Gasteiger partial charge in [0, 0.05) is 10.9 Å². The molecule has 0 amide bonds. The second-order valence-electron chi connectivity index (χ2n) is 6.63. The summed E-state index contributed by atoms with van der Waals surface area (Å²) in [5.74, 6) is 1.39. The van der Waals surface area contributed by atoms with Crippen molar-refractivity contribution in [2.75, 3.05) is 6.54 Å². The van der Waals surface area contributed by atoms with Gasteiger partial charge in [-0.1, -0.05) is 38.5 Å². The molecule has 1 aliphatic rings. The Bertz CT molecular complexity index is 469. The first-order valence-electron chi connectivity index (χ1n) is 8.23.